The molecule has 0 fully saturated rings. The SMILES string of the molecule is CC(C)C(C(C)C)C(C)C.O. The molecule has 0 amide bonds. The lowest BCUT2D eigenvalue weighted by Crippen LogP contribution is -2.21. The Hall–Kier alpha value is -0.0400. The third-order valence-corrected chi connectivity index (χ3v) is 2.31. The van der Waals surface area contributed by atoms with E-state index in [4.69, 9.17) is 0 Å². The molecule has 0 aliphatic heterocycles. The average molecular weight is 160 g/mol. The lowest BCUT2D eigenvalue weighted by molar-refractivity contribution is 0.212. The smallest absolute Gasteiger partial charge is 0.0345 e. The molecule has 0 aliphatic carbocycles. The maximum atomic E-state index is 2.32. The van der Waals surface area contributed by atoms with Crippen LogP contribution in [0.4, 0.5) is 0 Å². The molecule has 0 heterocycles. The zero-order chi connectivity index (χ0) is 8.31. The van der Waals surface area contributed by atoms with E-state index in [1.54, 1.807) is 0 Å². The quantitative estimate of drug-likeness (QED) is 0.608. The van der Waals surface area contributed by atoms with Gasteiger partial charge >= 0.3 is 0 Å². The van der Waals surface area contributed by atoms with Crippen LogP contribution in [0.2, 0.25) is 0 Å². The van der Waals surface area contributed by atoms with Crippen LogP contribution in [0, 0.1) is 23.7 Å². The molecule has 0 bridgehead atoms. The molecular weight excluding hydrogens is 136 g/mol. The van der Waals surface area contributed by atoms with E-state index in [-0.39, 0.29) is 5.48 Å². The molecule has 0 aromatic carbocycles. The molecule has 0 radical (unpaired) electrons. The van der Waals surface area contributed by atoms with Gasteiger partial charge in [0.1, 0.15) is 0 Å². The summed E-state index contributed by atoms with van der Waals surface area (Å²) in [5.74, 6) is 3.39. The van der Waals surface area contributed by atoms with Crippen LogP contribution >= 0.6 is 0 Å². The van der Waals surface area contributed by atoms with Crippen molar-refractivity contribution in [2.24, 2.45) is 23.7 Å². The van der Waals surface area contributed by atoms with Crippen molar-refractivity contribution in [3.8, 4) is 0 Å². The van der Waals surface area contributed by atoms with E-state index in [0.29, 0.717) is 0 Å². The molecule has 0 rings (SSSR count). The van der Waals surface area contributed by atoms with E-state index in [1.165, 1.54) is 0 Å². The molecule has 1 nitrogen and oxygen atoms in total. The minimum absolute atomic E-state index is 0. The lowest BCUT2D eigenvalue weighted by Gasteiger charge is -2.28. The summed E-state index contributed by atoms with van der Waals surface area (Å²) in [5, 5.41) is 0. The molecule has 0 saturated heterocycles. The molecule has 0 atom stereocenters. The van der Waals surface area contributed by atoms with Crippen molar-refractivity contribution in [3.63, 3.8) is 0 Å². The van der Waals surface area contributed by atoms with Crippen LogP contribution in [-0.2, 0) is 0 Å². The highest BCUT2D eigenvalue weighted by atomic mass is 16.0. The van der Waals surface area contributed by atoms with Crippen molar-refractivity contribution < 1.29 is 5.48 Å². The van der Waals surface area contributed by atoms with Gasteiger partial charge in [0.05, 0.1) is 0 Å². The molecule has 0 aromatic heterocycles. The first kappa shape index (κ1) is 13.5. The molecule has 0 unspecified atom stereocenters. The first-order chi connectivity index (χ1) is 4.46. The highest BCUT2D eigenvalue weighted by Crippen LogP contribution is 2.27. The second-order valence-corrected chi connectivity index (χ2v) is 4.31. The Morgan fingerprint density at radius 2 is 0.727 bits per heavy atom. The van der Waals surface area contributed by atoms with Crippen molar-refractivity contribution >= 4 is 0 Å². The van der Waals surface area contributed by atoms with Crippen molar-refractivity contribution in [2.45, 2.75) is 41.5 Å². The fourth-order valence-corrected chi connectivity index (χ4v) is 2.31. The molecular formula is C10H24O. The van der Waals surface area contributed by atoms with E-state index in [1.807, 2.05) is 0 Å². The van der Waals surface area contributed by atoms with Crippen LogP contribution in [0.5, 0.6) is 0 Å². The van der Waals surface area contributed by atoms with Gasteiger partial charge in [-0.05, 0) is 23.7 Å². The Morgan fingerprint density at radius 1 is 0.545 bits per heavy atom. The zero-order valence-corrected chi connectivity index (χ0v) is 8.81. The molecule has 0 spiro atoms. The average Bonchev–Trinajstić information content (AvgIpc) is 1.59. The standard InChI is InChI=1S/C10H22.H2O/c1-7(2)10(8(3)4)9(5)6;/h7-10H,1-6H3;1H2. The molecule has 0 aromatic rings. The monoisotopic (exact) mass is 160 g/mol. The predicted molar refractivity (Wildman–Crippen MR) is 51.6 cm³/mol. The van der Waals surface area contributed by atoms with Crippen molar-refractivity contribution in [1.82, 2.24) is 0 Å². The van der Waals surface area contributed by atoms with Crippen molar-refractivity contribution in [2.75, 3.05) is 0 Å². The first-order valence-corrected chi connectivity index (χ1v) is 4.46. The van der Waals surface area contributed by atoms with Gasteiger partial charge in [0.25, 0.3) is 0 Å². The molecule has 2 N–H and O–H groups in total. The second-order valence-electron chi connectivity index (χ2n) is 4.31. The van der Waals surface area contributed by atoms with Gasteiger partial charge in [0.15, 0.2) is 0 Å². The second kappa shape index (κ2) is 5.59. The van der Waals surface area contributed by atoms with Crippen LogP contribution in [0.1, 0.15) is 41.5 Å². The van der Waals surface area contributed by atoms with Crippen LogP contribution in [0.3, 0.4) is 0 Å². The highest BCUT2D eigenvalue weighted by Gasteiger charge is 2.20. The number of hydrogen-bond donors (Lipinski definition) is 0. The Kier molecular flexibility index (Phi) is 6.88. The van der Waals surface area contributed by atoms with E-state index >= 15 is 0 Å². The summed E-state index contributed by atoms with van der Waals surface area (Å²) in [6.07, 6.45) is 0. The number of hydrogen-bond acceptors (Lipinski definition) is 0. The van der Waals surface area contributed by atoms with Gasteiger partial charge in [-0.15, -0.1) is 0 Å². The first-order valence-electron chi connectivity index (χ1n) is 4.46. The summed E-state index contributed by atoms with van der Waals surface area (Å²) in [4.78, 5) is 0. The normalized spacial score (nSPS) is 11.5. The van der Waals surface area contributed by atoms with Crippen molar-refractivity contribution in [3.05, 3.63) is 0 Å². The minimum atomic E-state index is 0. The van der Waals surface area contributed by atoms with E-state index < -0.39 is 0 Å². The van der Waals surface area contributed by atoms with Crippen LogP contribution in [0.15, 0.2) is 0 Å². The Balaban J connectivity index is 0. The molecule has 1 heteroatoms. The van der Waals surface area contributed by atoms with Gasteiger partial charge in [-0.25, -0.2) is 0 Å². The van der Waals surface area contributed by atoms with Crippen molar-refractivity contribution in [1.29, 1.82) is 0 Å². The largest absolute Gasteiger partial charge is 0.412 e. The Morgan fingerprint density at radius 3 is 0.727 bits per heavy atom. The lowest BCUT2D eigenvalue weighted by atomic mass is 9.78. The summed E-state index contributed by atoms with van der Waals surface area (Å²) in [6, 6.07) is 0. The predicted octanol–water partition coefficient (Wildman–Crippen LogP) is 2.75. The zero-order valence-electron chi connectivity index (χ0n) is 8.81. The van der Waals surface area contributed by atoms with Crippen LogP contribution in [-0.4, -0.2) is 5.48 Å². The van der Waals surface area contributed by atoms with E-state index in [0.717, 1.165) is 23.7 Å². The Labute approximate surface area is 71.5 Å². The molecule has 0 aliphatic rings. The third kappa shape index (κ3) is 4.41. The van der Waals surface area contributed by atoms with Gasteiger partial charge in [0, 0.05) is 0 Å². The van der Waals surface area contributed by atoms with Gasteiger partial charge < -0.3 is 5.48 Å². The number of rotatable bonds is 3. The van der Waals surface area contributed by atoms with Crippen LogP contribution < -0.4 is 0 Å². The van der Waals surface area contributed by atoms with Gasteiger partial charge in [-0.3, -0.25) is 0 Å². The summed E-state index contributed by atoms with van der Waals surface area (Å²) in [6.45, 7) is 13.9. The minimum Gasteiger partial charge on any atom is -0.412 e. The van der Waals surface area contributed by atoms with E-state index in [9.17, 15) is 0 Å². The fourth-order valence-electron chi connectivity index (χ4n) is 2.31. The highest BCUT2D eigenvalue weighted by molar-refractivity contribution is 4.69. The molecule has 0 saturated carbocycles. The topological polar surface area (TPSA) is 31.5 Å². The summed E-state index contributed by atoms with van der Waals surface area (Å²) in [5.41, 5.74) is 0. The summed E-state index contributed by atoms with van der Waals surface area (Å²) in [7, 11) is 0. The maximum absolute atomic E-state index is 2.32. The van der Waals surface area contributed by atoms with Gasteiger partial charge in [-0.1, -0.05) is 41.5 Å². The van der Waals surface area contributed by atoms with Gasteiger partial charge in [0.2, 0.25) is 0 Å². The molecule has 70 valence electrons. The summed E-state index contributed by atoms with van der Waals surface area (Å²) < 4.78 is 0. The van der Waals surface area contributed by atoms with Crippen LogP contribution in [0.25, 0.3) is 0 Å². The fraction of sp³-hybridized carbons (Fsp3) is 1.00. The Bertz CT molecular complexity index is 65.9. The summed E-state index contributed by atoms with van der Waals surface area (Å²) >= 11 is 0. The van der Waals surface area contributed by atoms with Gasteiger partial charge in [-0.2, -0.15) is 0 Å². The van der Waals surface area contributed by atoms with E-state index in [2.05, 4.69) is 41.5 Å². The molecule has 11 heavy (non-hydrogen) atoms. The maximum Gasteiger partial charge on any atom is -0.0345 e. The third-order valence-electron chi connectivity index (χ3n) is 2.31.